The van der Waals surface area contributed by atoms with Crippen molar-refractivity contribution in [3.8, 4) is 0 Å². The number of anilines is 1. The van der Waals surface area contributed by atoms with E-state index in [0.717, 1.165) is 12.2 Å². The third-order valence-electron chi connectivity index (χ3n) is 2.98. The van der Waals surface area contributed by atoms with Crippen LogP contribution in [0.25, 0.3) is 10.9 Å². The normalized spacial score (nSPS) is 11.9. The summed E-state index contributed by atoms with van der Waals surface area (Å²) in [7, 11) is 4.19. The van der Waals surface area contributed by atoms with Gasteiger partial charge in [-0.05, 0) is 45.6 Å². The van der Waals surface area contributed by atoms with Crippen LogP contribution in [0.3, 0.4) is 0 Å². The second-order valence-electron chi connectivity index (χ2n) is 5.17. The molecular formula is C14H21N3. The van der Waals surface area contributed by atoms with Crippen molar-refractivity contribution in [2.24, 2.45) is 0 Å². The SMILES string of the molecule is CC(C)n1cc(CN(C)C)c2ccc(N)cc21. The fourth-order valence-corrected chi connectivity index (χ4v) is 2.23. The Morgan fingerprint density at radius 1 is 1.29 bits per heavy atom. The van der Waals surface area contributed by atoms with E-state index in [0.29, 0.717) is 6.04 Å². The largest absolute Gasteiger partial charge is 0.399 e. The van der Waals surface area contributed by atoms with Gasteiger partial charge in [0.25, 0.3) is 0 Å². The minimum atomic E-state index is 0.454. The lowest BCUT2D eigenvalue weighted by molar-refractivity contribution is 0.403. The zero-order valence-electron chi connectivity index (χ0n) is 11.1. The van der Waals surface area contributed by atoms with Crippen molar-refractivity contribution < 1.29 is 0 Å². The van der Waals surface area contributed by atoms with E-state index in [2.05, 4.69) is 55.7 Å². The molecule has 17 heavy (non-hydrogen) atoms. The standard InChI is InChI=1S/C14H21N3/c1-10(2)17-9-11(8-16(3)4)13-6-5-12(15)7-14(13)17/h5-7,9-10H,8,15H2,1-4H3. The lowest BCUT2D eigenvalue weighted by Gasteiger charge is -2.09. The number of aromatic nitrogens is 1. The topological polar surface area (TPSA) is 34.2 Å². The number of nitrogen functional groups attached to an aromatic ring is 1. The number of fused-ring (bicyclic) bond motifs is 1. The van der Waals surface area contributed by atoms with Gasteiger partial charge in [0.05, 0.1) is 5.52 Å². The first-order chi connectivity index (χ1) is 7.99. The Labute approximate surface area is 103 Å². The minimum Gasteiger partial charge on any atom is -0.399 e. The van der Waals surface area contributed by atoms with Crippen molar-refractivity contribution in [3.05, 3.63) is 30.0 Å². The van der Waals surface area contributed by atoms with Gasteiger partial charge in [-0.3, -0.25) is 0 Å². The zero-order valence-corrected chi connectivity index (χ0v) is 11.1. The van der Waals surface area contributed by atoms with Crippen molar-refractivity contribution in [2.45, 2.75) is 26.4 Å². The number of nitrogens with two attached hydrogens (primary N) is 1. The van der Waals surface area contributed by atoms with Gasteiger partial charge < -0.3 is 15.2 Å². The Kier molecular flexibility index (Phi) is 3.11. The number of benzene rings is 1. The third kappa shape index (κ3) is 2.29. The molecule has 1 aromatic heterocycles. The first-order valence-electron chi connectivity index (χ1n) is 6.02. The second-order valence-corrected chi connectivity index (χ2v) is 5.17. The van der Waals surface area contributed by atoms with Gasteiger partial charge in [-0.15, -0.1) is 0 Å². The maximum Gasteiger partial charge on any atom is 0.0506 e. The molecule has 0 spiro atoms. The molecular weight excluding hydrogens is 210 g/mol. The van der Waals surface area contributed by atoms with Crippen LogP contribution in [0, 0.1) is 0 Å². The van der Waals surface area contributed by atoms with Crippen LogP contribution < -0.4 is 5.73 Å². The second kappa shape index (κ2) is 4.41. The Morgan fingerprint density at radius 2 is 2.00 bits per heavy atom. The van der Waals surface area contributed by atoms with Crippen LogP contribution in [0.15, 0.2) is 24.4 Å². The molecule has 0 atom stereocenters. The Hall–Kier alpha value is -1.48. The van der Waals surface area contributed by atoms with Gasteiger partial charge in [0, 0.05) is 29.9 Å². The zero-order chi connectivity index (χ0) is 12.6. The van der Waals surface area contributed by atoms with Crippen LogP contribution in [0.2, 0.25) is 0 Å². The fourth-order valence-electron chi connectivity index (χ4n) is 2.23. The number of nitrogens with zero attached hydrogens (tertiary/aromatic N) is 2. The average molecular weight is 231 g/mol. The highest BCUT2D eigenvalue weighted by Gasteiger charge is 2.11. The van der Waals surface area contributed by atoms with Gasteiger partial charge in [-0.1, -0.05) is 6.07 Å². The van der Waals surface area contributed by atoms with E-state index in [9.17, 15) is 0 Å². The van der Waals surface area contributed by atoms with E-state index in [1.165, 1.54) is 16.5 Å². The van der Waals surface area contributed by atoms with Gasteiger partial charge in [0.2, 0.25) is 0 Å². The monoisotopic (exact) mass is 231 g/mol. The predicted octanol–water partition coefficient (Wildman–Crippen LogP) is 2.87. The molecule has 0 radical (unpaired) electrons. The molecule has 0 bridgehead atoms. The molecule has 0 aliphatic carbocycles. The van der Waals surface area contributed by atoms with Crippen LogP contribution in [0.4, 0.5) is 5.69 Å². The lowest BCUT2D eigenvalue weighted by atomic mass is 10.1. The predicted molar refractivity (Wildman–Crippen MR) is 74.1 cm³/mol. The van der Waals surface area contributed by atoms with Crippen LogP contribution in [-0.4, -0.2) is 23.6 Å². The van der Waals surface area contributed by atoms with Gasteiger partial charge in [0.1, 0.15) is 0 Å². The molecule has 1 aromatic carbocycles. The molecule has 0 amide bonds. The molecule has 0 aliphatic heterocycles. The number of hydrogen-bond acceptors (Lipinski definition) is 2. The maximum absolute atomic E-state index is 5.88. The Morgan fingerprint density at radius 3 is 2.59 bits per heavy atom. The molecule has 2 rings (SSSR count). The van der Waals surface area contributed by atoms with Crippen molar-refractivity contribution >= 4 is 16.6 Å². The van der Waals surface area contributed by atoms with Crippen LogP contribution in [0.1, 0.15) is 25.5 Å². The summed E-state index contributed by atoms with van der Waals surface area (Å²) in [6.07, 6.45) is 2.24. The van der Waals surface area contributed by atoms with Gasteiger partial charge in [-0.2, -0.15) is 0 Å². The average Bonchev–Trinajstić information content (AvgIpc) is 2.55. The Balaban J connectivity index is 2.62. The van der Waals surface area contributed by atoms with E-state index in [-0.39, 0.29) is 0 Å². The minimum absolute atomic E-state index is 0.454. The molecule has 0 saturated heterocycles. The maximum atomic E-state index is 5.88. The first-order valence-corrected chi connectivity index (χ1v) is 6.02. The molecule has 3 nitrogen and oxygen atoms in total. The van der Waals surface area contributed by atoms with E-state index in [4.69, 9.17) is 5.73 Å². The lowest BCUT2D eigenvalue weighted by Crippen LogP contribution is -2.10. The van der Waals surface area contributed by atoms with E-state index < -0.39 is 0 Å². The summed E-state index contributed by atoms with van der Waals surface area (Å²) in [5.74, 6) is 0. The van der Waals surface area contributed by atoms with Crippen molar-refractivity contribution in [1.29, 1.82) is 0 Å². The first kappa shape index (κ1) is 12.0. The molecule has 0 unspecified atom stereocenters. The van der Waals surface area contributed by atoms with Gasteiger partial charge >= 0.3 is 0 Å². The number of hydrogen-bond donors (Lipinski definition) is 1. The molecule has 2 aromatic rings. The van der Waals surface area contributed by atoms with Crippen LogP contribution in [-0.2, 0) is 6.54 Å². The van der Waals surface area contributed by atoms with Crippen molar-refractivity contribution in [2.75, 3.05) is 19.8 Å². The van der Waals surface area contributed by atoms with Crippen LogP contribution >= 0.6 is 0 Å². The fraction of sp³-hybridized carbons (Fsp3) is 0.429. The summed E-state index contributed by atoms with van der Waals surface area (Å²) in [6.45, 7) is 5.35. The van der Waals surface area contributed by atoms with Crippen molar-refractivity contribution in [3.63, 3.8) is 0 Å². The smallest absolute Gasteiger partial charge is 0.0506 e. The highest BCUT2D eigenvalue weighted by atomic mass is 15.1. The summed E-state index contributed by atoms with van der Waals surface area (Å²) in [5, 5.41) is 1.31. The summed E-state index contributed by atoms with van der Waals surface area (Å²) in [5.41, 5.74) is 9.30. The van der Waals surface area contributed by atoms with E-state index in [1.807, 2.05) is 6.07 Å². The van der Waals surface area contributed by atoms with Gasteiger partial charge in [0.15, 0.2) is 0 Å². The van der Waals surface area contributed by atoms with E-state index in [1.54, 1.807) is 0 Å². The molecule has 0 saturated carbocycles. The van der Waals surface area contributed by atoms with E-state index >= 15 is 0 Å². The van der Waals surface area contributed by atoms with Crippen LogP contribution in [0.5, 0.6) is 0 Å². The summed E-state index contributed by atoms with van der Waals surface area (Å²) < 4.78 is 2.30. The molecule has 0 aliphatic rings. The highest BCUT2D eigenvalue weighted by Crippen LogP contribution is 2.27. The molecule has 0 fully saturated rings. The quantitative estimate of drug-likeness (QED) is 0.824. The number of rotatable bonds is 3. The highest BCUT2D eigenvalue weighted by molar-refractivity contribution is 5.86. The Bertz CT molecular complexity index is 523. The molecule has 3 heteroatoms. The summed E-state index contributed by atoms with van der Waals surface area (Å²) >= 11 is 0. The molecule has 92 valence electrons. The molecule has 2 N–H and O–H groups in total. The van der Waals surface area contributed by atoms with Gasteiger partial charge in [-0.25, -0.2) is 0 Å². The summed E-state index contributed by atoms with van der Waals surface area (Å²) in [4.78, 5) is 2.19. The third-order valence-corrected chi connectivity index (χ3v) is 2.98. The summed E-state index contributed by atoms with van der Waals surface area (Å²) in [6, 6.07) is 6.62. The molecule has 1 heterocycles. The van der Waals surface area contributed by atoms with Crippen molar-refractivity contribution in [1.82, 2.24) is 9.47 Å².